The molecular weight excluding hydrogens is 502 g/mol. The van der Waals surface area contributed by atoms with Crippen LogP contribution in [0.1, 0.15) is 72.1 Å². The molecule has 0 spiro atoms. The molecule has 2 aromatic carbocycles. The lowest BCUT2D eigenvalue weighted by Crippen LogP contribution is -2.29. The Labute approximate surface area is 217 Å². The Kier molecular flexibility index (Phi) is 6.53. The SMILES string of the molecule is CCOC(=O)c1cc(NC(=O)C2(c3ccc(C(F)(F)F)cc3F)CC2)cc(C)c1-c1cnn(C2CCC2)c1. The van der Waals surface area contributed by atoms with Crippen LogP contribution in [-0.2, 0) is 21.1 Å². The van der Waals surface area contributed by atoms with Gasteiger partial charge >= 0.3 is 12.1 Å². The molecule has 0 atom stereocenters. The summed E-state index contributed by atoms with van der Waals surface area (Å²) in [5.41, 5.74) is 0.193. The van der Waals surface area contributed by atoms with Gasteiger partial charge in [0.15, 0.2) is 0 Å². The quantitative estimate of drug-likeness (QED) is 0.277. The largest absolute Gasteiger partial charge is 0.462 e. The molecule has 2 fully saturated rings. The van der Waals surface area contributed by atoms with E-state index in [0.29, 0.717) is 41.8 Å². The van der Waals surface area contributed by atoms with Crippen molar-refractivity contribution in [3.63, 3.8) is 0 Å². The number of rotatable bonds is 7. The monoisotopic (exact) mass is 529 g/mol. The highest BCUT2D eigenvalue weighted by Crippen LogP contribution is 2.50. The maximum absolute atomic E-state index is 14.7. The predicted molar refractivity (Wildman–Crippen MR) is 132 cm³/mol. The van der Waals surface area contributed by atoms with Gasteiger partial charge < -0.3 is 10.1 Å². The Hall–Kier alpha value is -3.69. The summed E-state index contributed by atoms with van der Waals surface area (Å²) >= 11 is 0. The first-order valence-electron chi connectivity index (χ1n) is 12.6. The van der Waals surface area contributed by atoms with Gasteiger partial charge in [-0.05, 0) is 75.8 Å². The number of nitrogens with one attached hydrogen (secondary N) is 1. The third kappa shape index (κ3) is 4.68. The van der Waals surface area contributed by atoms with E-state index in [2.05, 4.69) is 10.4 Å². The molecule has 200 valence electrons. The van der Waals surface area contributed by atoms with E-state index in [1.54, 1.807) is 26.1 Å². The van der Waals surface area contributed by atoms with Crippen molar-refractivity contribution in [1.29, 1.82) is 0 Å². The zero-order valence-corrected chi connectivity index (χ0v) is 21.0. The fraction of sp³-hybridized carbons (Fsp3) is 0.393. The van der Waals surface area contributed by atoms with Crippen molar-refractivity contribution in [1.82, 2.24) is 9.78 Å². The number of carbonyl (C=O) groups is 2. The first-order valence-corrected chi connectivity index (χ1v) is 12.6. The molecule has 0 radical (unpaired) electrons. The lowest BCUT2D eigenvalue weighted by molar-refractivity contribution is -0.137. The van der Waals surface area contributed by atoms with Crippen molar-refractivity contribution < 1.29 is 31.9 Å². The molecule has 10 heteroatoms. The fourth-order valence-electron chi connectivity index (χ4n) is 5.00. The Balaban J connectivity index is 1.45. The predicted octanol–water partition coefficient (Wildman–Crippen LogP) is 6.59. The van der Waals surface area contributed by atoms with Gasteiger partial charge in [-0.2, -0.15) is 18.3 Å². The molecule has 3 aromatic rings. The highest BCUT2D eigenvalue weighted by molar-refractivity contribution is 6.04. The number of esters is 1. The van der Waals surface area contributed by atoms with E-state index >= 15 is 0 Å². The smallest absolute Gasteiger partial charge is 0.416 e. The number of aryl methyl sites for hydroxylation is 1. The molecule has 0 aliphatic heterocycles. The molecule has 0 unspecified atom stereocenters. The van der Waals surface area contributed by atoms with Crippen molar-refractivity contribution in [3.05, 3.63) is 70.8 Å². The molecule has 2 aliphatic carbocycles. The minimum absolute atomic E-state index is 0.0784. The number of benzene rings is 2. The van der Waals surface area contributed by atoms with E-state index in [-0.39, 0.29) is 17.7 Å². The topological polar surface area (TPSA) is 73.2 Å². The number of hydrogen-bond acceptors (Lipinski definition) is 4. The molecule has 1 heterocycles. The number of anilines is 1. The minimum atomic E-state index is -4.69. The van der Waals surface area contributed by atoms with Gasteiger partial charge in [-0.3, -0.25) is 9.48 Å². The van der Waals surface area contributed by atoms with Gasteiger partial charge in [-0.15, -0.1) is 0 Å². The fourth-order valence-corrected chi connectivity index (χ4v) is 5.00. The third-order valence-corrected chi connectivity index (χ3v) is 7.42. The molecule has 0 bridgehead atoms. The number of carbonyl (C=O) groups excluding carboxylic acids is 2. The Bertz CT molecular complexity index is 1400. The molecule has 1 amide bonds. The van der Waals surface area contributed by atoms with Crippen molar-refractivity contribution in [3.8, 4) is 11.1 Å². The summed E-state index contributed by atoms with van der Waals surface area (Å²) in [5.74, 6) is -2.18. The van der Waals surface area contributed by atoms with E-state index < -0.39 is 34.8 Å². The summed E-state index contributed by atoms with van der Waals surface area (Å²) in [6.45, 7) is 3.66. The lowest BCUT2D eigenvalue weighted by atomic mass is 9.92. The zero-order chi connectivity index (χ0) is 27.2. The minimum Gasteiger partial charge on any atom is -0.462 e. The van der Waals surface area contributed by atoms with E-state index in [4.69, 9.17) is 4.74 Å². The normalized spacial score (nSPS) is 16.6. The number of hydrogen-bond donors (Lipinski definition) is 1. The van der Waals surface area contributed by atoms with Crippen molar-refractivity contribution in [2.24, 2.45) is 0 Å². The number of alkyl halides is 3. The average Bonchev–Trinajstić information content (AvgIpc) is 3.49. The van der Waals surface area contributed by atoms with Crippen LogP contribution in [0.25, 0.3) is 11.1 Å². The Morgan fingerprint density at radius 2 is 1.92 bits per heavy atom. The zero-order valence-electron chi connectivity index (χ0n) is 21.0. The molecule has 6 nitrogen and oxygen atoms in total. The van der Waals surface area contributed by atoms with Crippen LogP contribution >= 0.6 is 0 Å². The second-order valence-corrected chi connectivity index (χ2v) is 9.96. The molecular formula is C28H27F4N3O3. The van der Waals surface area contributed by atoms with Gasteiger partial charge in [0.2, 0.25) is 5.91 Å². The Morgan fingerprint density at radius 3 is 2.50 bits per heavy atom. The second kappa shape index (κ2) is 9.56. The van der Waals surface area contributed by atoms with Crippen LogP contribution < -0.4 is 5.32 Å². The van der Waals surface area contributed by atoms with Gasteiger partial charge in [0.05, 0.1) is 35.4 Å². The summed E-state index contributed by atoms with van der Waals surface area (Å²) in [5, 5.41) is 7.22. The molecule has 38 heavy (non-hydrogen) atoms. The molecule has 1 N–H and O–H groups in total. The van der Waals surface area contributed by atoms with E-state index in [0.717, 1.165) is 37.0 Å². The maximum atomic E-state index is 14.7. The number of ether oxygens (including phenoxy) is 1. The Morgan fingerprint density at radius 1 is 1.18 bits per heavy atom. The summed E-state index contributed by atoms with van der Waals surface area (Å²) in [4.78, 5) is 26.2. The molecule has 0 saturated heterocycles. The van der Waals surface area contributed by atoms with Crippen LogP contribution in [0.4, 0.5) is 23.2 Å². The molecule has 2 saturated carbocycles. The number of nitrogens with zero attached hydrogens (tertiary/aromatic N) is 2. The van der Waals surface area contributed by atoms with Crippen molar-refractivity contribution in [2.75, 3.05) is 11.9 Å². The van der Waals surface area contributed by atoms with Crippen LogP contribution in [-0.4, -0.2) is 28.3 Å². The van der Waals surface area contributed by atoms with Gasteiger partial charge in [-0.25, -0.2) is 9.18 Å². The first kappa shape index (κ1) is 25.9. The molecule has 2 aliphatic rings. The summed E-state index contributed by atoms with van der Waals surface area (Å²) < 4.78 is 60.8. The van der Waals surface area contributed by atoms with E-state index in [1.165, 1.54) is 6.07 Å². The second-order valence-electron chi connectivity index (χ2n) is 9.96. The summed E-state index contributed by atoms with van der Waals surface area (Å²) in [6.07, 6.45) is 2.77. The lowest BCUT2D eigenvalue weighted by Gasteiger charge is -2.25. The van der Waals surface area contributed by atoms with Crippen LogP contribution in [0.15, 0.2) is 42.7 Å². The van der Waals surface area contributed by atoms with Crippen LogP contribution in [0.3, 0.4) is 0 Å². The van der Waals surface area contributed by atoms with Crippen molar-refractivity contribution >= 4 is 17.6 Å². The van der Waals surface area contributed by atoms with Crippen molar-refractivity contribution in [2.45, 2.75) is 63.6 Å². The number of amides is 1. The maximum Gasteiger partial charge on any atom is 0.416 e. The highest BCUT2D eigenvalue weighted by Gasteiger charge is 2.53. The highest BCUT2D eigenvalue weighted by atomic mass is 19.4. The van der Waals surface area contributed by atoms with E-state index in [9.17, 15) is 27.2 Å². The number of halogens is 4. The molecule has 5 rings (SSSR count). The van der Waals surface area contributed by atoms with Crippen LogP contribution in [0, 0.1) is 12.7 Å². The summed E-state index contributed by atoms with van der Waals surface area (Å²) in [7, 11) is 0. The third-order valence-electron chi connectivity index (χ3n) is 7.42. The number of aromatic nitrogens is 2. The first-order chi connectivity index (χ1) is 18.0. The summed E-state index contributed by atoms with van der Waals surface area (Å²) in [6, 6.07) is 5.79. The molecule has 1 aromatic heterocycles. The van der Waals surface area contributed by atoms with Crippen LogP contribution in [0.2, 0.25) is 0 Å². The van der Waals surface area contributed by atoms with Gasteiger partial charge in [-0.1, -0.05) is 6.07 Å². The van der Waals surface area contributed by atoms with E-state index in [1.807, 2.05) is 10.9 Å². The standard InChI is InChI=1S/C28H27F4N3O3/c1-3-38-25(36)21-13-19(11-16(2)24(21)17-14-33-35(15-17)20-5-4-6-20)34-26(37)27(9-10-27)22-8-7-18(12-23(22)29)28(30,31)32/h7-8,11-15,20H,3-6,9-10H2,1-2H3,(H,34,37). The van der Waals surface area contributed by atoms with Gasteiger partial charge in [0.25, 0.3) is 0 Å². The average molecular weight is 530 g/mol. The van der Waals surface area contributed by atoms with Gasteiger partial charge in [0, 0.05) is 28.6 Å². The van der Waals surface area contributed by atoms with Crippen LogP contribution in [0.5, 0.6) is 0 Å². The van der Waals surface area contributed by atoms with Gasteiger partial charge in [0.1, 0.15) is 5.82 Å².